The second-order valence-electron chi connectivity index (χ2n) is 3.02. The number of thioether (sulfide) groups is 1. The molecule has 1 atom stereocenters. The molecule has 0 bridgehead atoms. The number of halogens is 2. The van der Waals surface area contributed by atoms with Crippen LogP contribution >= 0.6 is 11.8 Å². The summed E-state index contributed by atoms with van der Waals surface area (Å²) in [5, 5.41) is 12.4. The quantitative estimate of drug-likeness (QED) is 0.765. The molecular weight excluding hydrogens is 220 g/mol. The Labute approximate surface area is 91.7 Å². The highest BCUT2D eigenvalue weighted by atomic mass is 32.2. The van der Waals surface area contributed by atoms with Crippen molar-refractivity contribution in [3.8, 4) is 0 Å². The van der Waals surface area contributed by atoms with E-state index in [2.05, 4.69) is 5.32 Å². The van der Waals surface area contributed by atoms with E-state index in [1.165, 1.54) is 0 Å². The molecule has 1 aromatic carbocycles. The van der Waals surface area contributed by atoms with Crippen LogP contribution in [0.5, 0.6) is 0 Å². The SMILES string of the molecule is CNCC(O)c1ccc(SC(F)F)cc1. The summed E-state index contributed by atoms with van der Waals surface area (Å²) in [7, 11) is 1.74. The van der Waals surface area contributed by atoms with Gasteiger partial charge in [0, 0.05) is 11.4 Å². The number of alkyl halides is 2. The van der Waals surface area contributed by atoms with E-state index in [0.29, 0.717) is 23.2 Å². The maximum absolute atomic E-state index is 12.0. The van der Waals surface area contributed by atoms with Crippen LogP contribution in [0.1, 0.15) is 11.7 Å². The molecular formula is C10H13F2NOS. The maximum Gasteiger partial charge on any atom is 0.288 e. The van der Waals surface area contributed by atoms with Gasteiger partial charge in [0.15, 0.2) is 0 Å². The first kappa shape index (κ1) is 12.4. The molecule has 0 radical (unpaired) electrons. The van der Waals surface area contributed by atoms with Crippen molar-refractivity contribution < 1.29 is 13.9 Å². The van der Waals surface area contributed by atoms with Crippen LogP contribution in [0.3, 0.4) is 0 Å². The molecule has 0 fully saturated rings. The van der Waals surface area contributed by atoms with Crippen molar-refractivity contribution in [2.75, 3.05) is 13.6 Å². The Balaban J connectivity index is 2.63. The molecule has 0 aromatic heterocycles. The van der Waals surface area contributed by atoms with Crippen molar-refractivity contribution in [2.24, 2.45) is 0 Å². The number of aliphatic hydroxyl groups is 1. The molecule has 0 amide bonds. The number of nitrogens with one attached hydrogen (secondary N) is 1. The van der Waals surface area contributed by atoms with Crippen molar-refractivity contribution >= 4 is 11.8 Å². The Morgan fingerprint density at radius 2 is 1.93 bits per heavy atom. The number of aliphatic hydroxyl groups excluding tert-OH is 1. The molecule has 2 nitrogen and oxygen atoms in total. The van der Waals surface area contributed by atoms with E-state index in [-0.39, 0.29) is 0 Å². The average Bonchev–Trinajstić information content (AvgIpc) is 2.18. The first-order valence-electron chi connectivity index (χ1n) is 4.51. The lowest BCUT2D eigenvalue weighted by Gasteiger charge is -2.10. The summed E-state index contributed by atoms with van der Waals surface area (Å²) in [6.45, 7) is 0.446. The molecule has 1 unspecified atom stereocenters. The third kappa shape index (κ3) is 4.15. The van der Waals surface area contributed by atoms with Crippen molar-refractivity contribution in [1.82, 2.24) is 5.32 Å². The van der Waals surface area contributed by atoms with Gasteiger partial charge in [-0.25, -0.2) is 0 Å². The summed E-state index contributed by atoms with van der Waals surface area (Å²) in [6, 6.07) is 6.50. The van der Waals surface area contributed by atoms with Crippen LogP contribution in [0.25, 0.3) is 0 Å². The van der Waals surface area contributed by atoms with Gasteiger partial charge in [0.2, 0.25) is 0 Å². The van der Waals surface area contributed by atoms with Gasteiger partial charge in [0.1, 0.15) is 0 Å². The van der Waals surface area contributed by atoms with Gasteiger partial charge in [-0.15, -0.1) is 0 Å². The van der Waals surface area contributed by atoms with E-state index in [9.17, 15) is 13.9 Å². The highest BCUT2D eigenvalue weighted by Gasteiger charge is 2.08. The van der Waals surface area contributed by atoms with E-state index in [1.807, 2.05) is 0 Å². The standard InChI is InChI=1S/C10H13F2NOS/c1-13-6-9(14)7-2-4-8(5-3-7)15-10(11)12/h2-5,9-10,13-14H,6H2,1H3. The lowest BCUT2D eigenvalue weighted by Crippen LogP contribution is -2.16. The minimum absolute atomic E-state index is 0.446. The molecule has 0 aliphatic rings. The number of hydrogen-bond donors (Lipinski definition) is 2. The lowest BCUT2D eigenvalue weighted by molar-refractivity contribution is 0.177. The topological polar surface area (TPSA) is 32.3 Å². The van der Waals surface area contributed by atoms with E-state index in [0.717, 1.165) is 5.56 Å². The van der Waals surface area contributed by atoms with E-state index < -0.39 is 11.9 Å². The van der Waals surface area contributed by atoms with Crippen LogP contribution in [0, 0.1) is 0 Å². The molecule has 0 aliphatic carbocycles. The van der Waals surface area contributed by atoms with Gasteiger partial charge in [-0.3, -0.25) is 0 Å². The van der Waals surface area contributed by atoms with Crippen LogP contribution in [-0.2, 0) is 0 Å². The minimum atomic E-state index is -2.40. The van der Waals surface area contributed by atoms with Gasteiger partial charge in [0.25, 0.3) is 5.76 Å². The highest BCUT2D eigenvalue weighted by molar-refractivity contribution is 7.99. The Morgan fingerprint density at radius 3 is 2.40 bits per heavy atom. The predicted octanol–water partition coefficient (Wildman–Crippen LogP) is 2.25. The van der Waals surface area contributed by atoms with E-state index >= 15 is 0 Å². The van der Waals surface area contributed by atoms with Gasteiger partial charge in [-0.1, -0.05) is 23.9 Å². The molecule has 0 aliphatic heterocycles. The van der Waals surface area contributed by atoms with Crippen LogP contribution in [0.2, 0.25) is 0 Å². The predicted molar refractivity (Wildman–Crippen MR) is 57.2 cm³/mol. The zero-order valence-corrected chi connectivity index (χ0v) is 9.10. The number of rotatable bonds is 5. The summed E-state index contributed by atoms with van der Waals surface area (Å²) in [5.74, 6) is -2.40. The van der Waals surface area contributed by atoms with Gasteiger partial charge in [-0.2, -0.15) is 8.78 Å². The number of benzene rings is 1. The number of likely N-dealkylation sites (N-methyl/N-ethyl adjacent to an activating group) is 1. The first-order valence-corrected chi connectivity index (χ1v) is 5.39. The second-order valence-corrected chi connectivity index (χ2v) is 4.08. The monoisotopic (exact) mass is 233 g/mol. The minimum Gasteiger partial charge on any atom is -0.387 e. The fraction of sp³-hybridized carbons (Fsp3) is 0.400. The van der Waals surface area contributed by atoms with Crippen LogP contribution in [0.15, 0.2) is 29.2 Å². The highest BCUT2D eigenvalue weighted by Crippen LogP contribution is 2.26. The first-order chi connectivity index (χ1) is 7.13. The Kier molecular flexibility index (Phi) is 5.01. The fourth-order valence-electron chi connectivity index (χ4n) is 1.18. The summed E-state index contributed by atoms with van der Waals surface area (Å²) in [5.41, 5.74) is 0.725. The molecule has 0 saturated carbocycles. The van der Waals surface area contributed by atoms with Crippen LogP contribution < -0.4 is 5.32 Å². The molecule has 1 rings (SSSR count). The smallest absolute Gasteiger partial charge is 0.288 e. The molecule has 0 saturated heterocycles. The molecule has 2 N–H and O–H groups in total. The second kappa shape index (κ2) is 6.05. The van der Waals surface area contributed by atoms with Gasteiger partial charge < -0.3 is 10.4 Å². The zero-order chi connectivity index (χ0) is 11.3. The van der Waals surface area contributed by atoms with E-state index in [4.69, 9.17) is 0 Å². The average molecular weight is 233 g/mol. The number of hydrogen-bond acceptors (Lipinski definition) is 3. The van der Waals surface area contributed by atoms with Crippen molar-refractivity contribution in [3.63, 3.8) is 0 Å². The fourth-order valence-corrected chi connectivity index (χ4v) is 1.68. The third-order valence-electron chi connectivity index (χ3n) is 1.89. The van der Waals surface area contributed by atoms with Gasteiger partial charge >= 0.3 is 0 Å². The van der Waals surface area contributed by atoms with Crippen molar-refractivity contribution in [2.45, 2.75) is 16.8 Å². The molecule has 5 heteroatoms. The molecule has 84 valence electrons. The van der Waals surface area contributed by atoms with E-state index in [1.54, 1.807) is 31.3 Å². The zero-order valence-electron chi connectivity index (χ0n) is 8.28. The molecule has 0 spiro atoms. The Bertz CT molecular complexity index is 292. The molecule has 0 heterocycles. The van der Waals surface area contributed by atoms with Crippen molar-refractivity contribution in [3.05, 3.63) is 29.8 Å². The normalized spacial score (nSPS) is 13.1. The summed E-state index contributed by atoms with van der Waals surface area (Å²) >= 11 is 0.502. The molecule has 15 heavy (non-hydrogen) atoms. The summed E-state index contributed by atoms with van der Waals surface area (Å²) in [4.78, 5) is 0.505. The Morgan fingerprint density at radius 1 is 1.33 bits per heavy atom. The van der Waals surface area contributed by atoms with Crippen LogP contribution in [0.4, 0.5) is 8.78 Å². The summed E-state index contributed by atoms with van der Waals surface area (Å²) in [6.07, 6.45) is -0.597. The summed E-state index contributed by atoms with van der Waals surface area (Å²) < 4.78 is 24.0. The van der Waals surface area contributed by atoms with Gasteiger partial charge in [-0.05, 0) is 24.7 Å². The Hall–Kier alpha value is -0.650. The lowest BCUT2D eigenvalue weighted by atomic mass is 10.1. The maximum atomic E-state index is 12.0. The molecule has 1 aromatic rings. The third-order valence-corrected chi connectivity index (χ3v) is 2.61. The largest absolute Gasteiger partial charge is 0.387 e. The van der Waals surface area contributed by atoms with Crippen LogP contribution in [-0.4, -0.2) is 24.5 Å². The van der Waals surface area contributed by atoms with Gasteiger partial charge in [0.05, 0.1) is 6.10 Å². The van der Waals surface area contributed by atoms with Crippen molar-refractivity contribution in [1.29, 1.82) is 0 Å².